The highest BCUT2D eigenvalue weighted by molar-refractivity contribution is 6.02. The van der Waals surface area contributed by atoms with Crippen LogP contribution in [0.5, 0.6) is 0 Å². The van der Waals surface area contributed by atoms with Crippen molar-refractivity contribution in [3.8, 4) is 5.69 Å². The molecule has 0 spiro atoms. The van der Waals surface area contributed by atoms with Gasteiger partial charge in [0.15, 0.2) is 0 Å². The molecule has 1 amide bonds. The van der Waals surface area contributed by atoms with E-state index < -0.39 is 5.91 Å². The van der Waals surface area contributed by atoms with Crippen molar-refractivity contribution in [3.63, 3.8) is 0 Å². The summed E-state index contributed by atoms with van der Waals surface area (Å²) in [6.07, 6.45) is 4.05. The van der Waals surface area contributed by atoms with E-state index in [-0.39, 0.29) is 0 Å². The molecule has 0 radical (unpaired) electrons. The van der Waals surface area contributed by atoms with Gasteiger partial charge < -0.3 is 11.5 Å². The molecule has 3 rings (SSSR count). The summed E-state index contributed by atoms with van der Waals surface area (Å²) in [6, 6.07) is 11.7. The number of carbonyl (C=O) groups is 1. The second kappa shape index (κ2) is 6.20. The Morgan fingerprint density at radius 2 is 1.92 bits per heavy atom. The van der Waals surface area contributed by atoms with Crippen LogP contribution < -0.4 is 11.5 Å². The van der Waals surface area contributed by atoms with Gasteiger partial charge in [-0.25, -0.2) is 4.68 Å². The maximum absolute atomic E-state index is 12.0. The highest BCUT2D eigenvalue weighted by Gasteiger charge is 2.18. The van der Waals surface area contributed by atoms with E-state index in [9.17, 15) is 4.79 Å². The Morgan fingerprint density at radius 3 is 2.58 bits per heavy atom. The van der Waals surface area contributed by atoms with Crippen molar-refractivity contribution in [3.05, 3.63) is 76.6 Å². The topological polar surface area (TPSA) is 86.9 Å². The summed E-state index contributed by atoms with van der Waals surface area (Å²) in [4.78, 5) is 12.0. The van der Waals surface area contributed by atoms with Crippen LogP contribution in [0.2, 0.25) is 0 Å². The first kappa shape index (κ1) is 15.8. The van der Waals surface area contributed by atoms with Crippen molar-refractivity contribution < 1.29 is 4.79 Å². The molecule has 5 heteroatoms. The van der Waals surface area contributed by atoms with Crippen molar-refractivity contribution in [2.24, 2.45) is 5.73 Å². The van der Waals surface area contributed by atoms with Gasteiger partial charge in [-0.1, -0.05) is 24.3 Å². The maximum atomic E-state index is 12.0. The van der Waals surface area contributed by atoms with Crippen molar-refractivity contribution in [1.29, 1.82) is 0 Å². The molecule has 0 saturated heterocycles. The zero-order chi connectivity index (χ0) is 17.3. The lowest BCUT2D eigenvalue weighted by Gasteiger charge is -2.15. The van der Waals surface area contributed by atoms with E-state index in [1.807, 2.05) is 18.2 Å². The second-order valence-corrected chi connectivity index (χ2v) is 5.88. The zero-order valence-corrected chi connectivity index (χ0v) is 13.8. The van der Waals surface area contributed by atoms with Gasteiger partial charge >= 0.3 is 0 Å². The Bertz CT molecular complexity index is 898. The van der Waals surface area contributed by atoms with Gasteiger partial charge in [0, 0.05) is 12.4 Å². The monoisotopic (exact) mass is 320 g/mol. The van der Waals surface area contributed by atoms with Gasteiger partial charge in [-0.05, 0) is 54.7 Å². The molecule has 0 aliphatic heterocycles. The van der Waals surface area contributed by atoms with Crippen molar-refractivity contribution in [1.82, 2.24) is 9.78 Å². The van der Waals surface area contributed by atoms with Crippen LogP contribution in [-0.2, 0) is 6.42 Å². The molecule has 0 bridgehead atoms. The van der Waals surface area contributed by atoms with E-state index in [4.69, 9.17) is 11.5 Å². The van der Waals surface area contributed by atoms with Gasteiger partial charge in [0.2, 0.25) is 0 Å². The number of primary amides is 1. The normalized spacial score (nSPS) is 10.8. The molecular formula is C19H20N4O. The molecule has 122 valence electrons. The minimum atomic E-state index is -0.555. The third-order valence-corrected chi connectivity index (χ3v) is 4.41. The lowest BCUT2D eigenvalue weighted by Crippen LogP contribution is -2.18. The molecule has 0 fully saturated rings. The molecule has 4 N–H and O–H groups in total. The van der Waals surface area contributed by atoms with Gasteiger partial charge in [-0.2, -0.15) is 5.10 Å². The molecule has 2 aromatic carbocycles. The highest BCUT2D eigenvalue weighted by Crippen LogP contribution is 2.27. The van der Waals surface area contributed by atoms with Crippen LogP contribution in [0.25, 0.3) is 5.69 Å². The Balaban J connectivity index is 2.09. The van der Waals surface area contributed by atoms with Gasteiger partial charge in [-0.15, -0.1) is 0 Å². The quantitative estimate of drug-likeness (QED) is 0.725. The average molecular weight is 320 g/mol. The standard InChI is InChI=1S/C19H20N4O/c1-12-5-3-6-14(13(12)2)11-15-7-8-16(23-10-4-9-22-23)17(18(15)20)19(21)24/h3-10H,11,20H2,1-2H3,(H2,21,24). The van der Waals surface area contributed by atoms with Crippen LogP contribution in [0, 0.1) is 13.8 Å². The largest absolute Gasteiger partial charge is 0.398 e. The number of aromatic nitrogens is 2. The fourth-order valence-corrected chi connectivity index (χ4v) is 2.88. The number of hydrogen-bond donors (Lipinski definition) is 2. The number of rotatable bonds is 4. The Morgan fingerprint density at radius 1 is 1.12 bits per heavy atom. The molecule has 0 aliphatic rings. The van der Waals surface area contributed by atoms with Gasteiger partial charge in [-0.3, -0.25) is 4.79 Å². The van der Waals surface area contributed by atoms with Crippen LogP contribution in [-0.4, -0.2) is 15.7 Å². The lowest BCUT2D eigenvalue weighted by atomic mass is 9.94. The van der Waals surface area contributed by atoms with E-state index >= 15 is 0 Å². The molecule has 24 heavy (non-hydrogen) atoms. The summed E-state index contributed by atoms with van der Waals surface area (Å²) < 4.78 is 1.60. The first-order valence-corrected chi connectivity index (χ1v) is 7.75. The van der Waals surface area contributed by atoms with E-state index in [2.05, 4.69) is 31.1 Å². The Hall–Kier alpha value is -3.08. The smallest absolute Gasteiger partial charge is 0.253 e. The third kappa shape index (κ3) is 2.76. The Labute approximate surface area is 140 Å². The molecule has 3 aromatic rings. The number of aryl methyl sites for hydroxylation is 1. The SMILES string of the molecule is Cc1cccc(Cc2ccc(-n3cccn3)c(C(N)=O)c2N)c1C. The maximum Gasteiger partial charge on any atom is 0.253 e. The third-order valence-electron chi connectivity index (χ3n) is 4.41. The van der Waals surface area contributed by atoms with Crippen molar-refractivity contribution in [2.75, 3.05) is 5.73 Å². The molecule has 0 atom stereocenters. The second-order valence-electron chi connectivity index (χ2n) is 5.88. The fraction of sp³-hybridized carbons (Fsp3) is 0.158. The van der Waals surface area contributed by atoms with Crippen molar-refractivity contribution >= 4 is 11.6 Å². The van der Waals surface area contributed by atoms with E-state index in [0.29, 0.717) is 23.4 Å². The number of anilines is 1. The van der Waals surface area contributed by atoms with E-state index in [1.165, 1.54) is 16.7 Å². The molecule has 1 aromatic heterocycles. The summed E-state index contributed by atoms with van der Waals surface area (Å²) in [7, 11) is 0. The number of amides is 1. The summed E-state index contributed by atoms with van der Waals surface area (Å²) in [6.45, 7) is 4.17. The molecule has 0 unspecified atom stereocenters. The fourth-order valence-electron chi connectivity index (χ4n) is 2.88. The molecule has 0 saturated carbocycles. The van der Waals surface area contributed by atoms with Crippen LogP contribution in [0.4, 0.5) is 5.69 Å². The number of carbonyl (C=O) groups excluding carboxylic acids is 1. The minimum absolute atomic E-state index is 0.307. The first-order chi connectivity index (χ1) is 11.5. The number of hydrogen-bond acceptors (Lipinski definition) is 3. The summed E-state index contributed by atoms with van der Waals surface area (Å²) in [5, 5.41) is 4.16. The summed E-state index contributed by atoms with van der Waals surface area (Å²) in [5.41, 5.74) is 17.7. The predicted octanol–water partition coefficient (Wildman–Crippen LogP) is 2.76. The number of nitrogens with zero attached hydrogens (tertiary/aromatic N) is 2. The molecule has 0 aliphatic carbocycles. The van der Waals surface area contributed by atoms with E-state index in [1.54, 1.807) is 23.1 Å². The average Bonchev–Trinajstić information content (AvgIpc) is 3.07. The van der Waals surface area contributed by atoms with Crippen LogP contribution in [0.1, 0.15) is 32.6 Å². The lowest BCUT2D eigenvalue weighted by molar-refractivity contribution is 0.100. The summed E-state index contributed by atoms with van der Waals surface area (Å²) in [5.74, 6) is -0.555. The first-order valence-electron chi connectivity index (χ1n) is 7.75. The highest BCUT2D eigenvalue weighted by atomic mass is 16.1. The van der Waals surface area contributed by atoms with Crippen molar-refractivity contribution in [2.45, 2.75) is 20.3 Å². The van der Waals surface area contributed by atoms with Crippen LogP contribution >= 0.6 is 0 Å². The zero-order valence-electron chi connectivity index (χ0n) is 13.8. The van der Waals surface area contributed by atoms with Crippen LogP contribution in [0.3, 0.4) is 0 Å². The molecule has 1 heterocycles. The van der Waals surface area contributed by atoms with Gasteiger partial charge in [0.05, 0.1) is 16.9 Å². The van der Waals surface area contributed by atoms with Crippen LogP contribution in [0.15, 0.2) is 48.8 Å². The number of benzene rings is 2. The molecule has 5 nitrogen and oxygen atoms in total. The minimum Gasteiger partial charge on any atom is -0.398 e. The predicted molar refractivity (Wildman–Crippen MR) is 95.2 cm³/mol. The number of nitrogens with two attached hydrogens (primary N) is 2. The van der Waals surface area contributed by atoms with E-state index in [0.717, 1.165) is 5.56 Å². The van der Waals surface area contributed by atoms with Gasteiger partial charge in [0.25, 0.3) is 5.91 Å². The molecular weight excluding hydrogens is 300 g/mol. The summed E-state index contributed by atoms with van der Waals surface area (Å²) >= 11 is 0. The number of nitrogen functional groups attached to an aromatic ring is 1. The van der Waals surface area contributed by atoms with Gasteiger partial charge in [0.1, 0.15) is 0 Å². The Kier molecular flexibility index (Phi) is 4.08.